The smallest absolute Gasteiger partial charge is 0.306 e. The van der Waals surface area contributed by atoms with Crippen molar-refractivity contribution in [2.75, 3.05) is 18.6 Å². The van der Waals surface area contributed by atoms with Crippen LogP contribution in [0.15, 0.2) is 27.8 Å². The Bertz CT molecular complexity index is 1320. The van der Waals surface area contributed by atoms with Crippen LogP contribution in [0.3, 0.4) is 0 Å². The summed E-state index contributed by atoms with van der Waals surface area (Å²) in [4.78, 5) is 16.4. The highest BCUT2D eigenvalue weighted by Gasteiger charge is 2.39. The van der Waals surface area contributed by atoms with E-state index in [0.29, 0.717) is 17.3 Å². The molecule has 0 saturated heterocycles. The molecule has 0 saturated carbocycles. The largest absolute Gasteiger partial charge is 0.490 e. The Morgan fingerprint density at radius 3 is 2.53 bits per heavy atom. The number of hydrazone groups is 1. The summed E-state index contributed by atoms with van der Waals surface area (Å²) in [6.45, 7) is 3.30. The van der Waals surface area contributed by atoms with E-state index in [1.807, 2.05) is 0 Å². The van der Waals surface area contributed by atoms with Crippen molar-refractivity contribution in [3.8, 4) is 11.5 Å². The average Bonchev–Trinajstić information content (AvgIpc) is 3.12. The van der Waals surface area contributed by atoms with Gasteiger partial charge in [-0.15, -0.1) is 5.10 Å². The molecule has 1 amide bonds. The van der Waals surface area contributed by atoms with Gasteiger partial charge in [-0.2, -0.15) is 18.4 Å². The summed E-state index contributed by atoms with van der Waals surface area (Å²) in [7, 11) is -7.53. The molecule has 0 radical (unpaired) electrons. The first kappa shape index (κ1) is 24.2. The molecule has 2 aliphatic rings. The number of halogens is 1. The monoisotopic (exact) mass is 520 g/mol. The minimum absolute atomic E-state index is 0.0160. The molecule has 0 atom stereocenters. The van der Waals surface area contributed by atoms with Crippen molar-refractivity contribution in [1.82, 2.24) is 5.01 Å². The average molecular weight is 521 g/mol. The first-order valence-corrected chi connectivity index (χ1v) is 13.6. The van der Waals surface area contributed by atoms with Crippen molar-refractivity contribution in [3.63, 3.8) is 0 Å². The third-order valence-electron chi connectivity index (χ3n) is 3.96. The van der Waals surface area contributed by atoms with Crippen LogP contribution in [0.2, 0.25) is 5.02 Å². The van der Waals surface area contributed by atoms with Gasteiger partial charge in [0.1, 0.15) is 0 Å². The van der Waals surface area contributed by atoms with E-state index < -0.39 is 25.9 Å². The number of benzene rings is 1. The summed E-state index contributed by atoms with van der Waals surface area (Å²) in [5, 5.41) is 13.1. The lowest BCUT2D eigenvalue weighted by Gasteiger charge is -2.20. The van der Waals surface area contributed by atoms with E-state index in [4.69, 9.17) is 25.9 Å². The minimum atomic E-state index is -3.89. The van der Waals surface area contributed by atoms with Gasteiger partial charge in [-0.1, -0.05) is 18.5 Å². The maximum absolute atomic E-state index is 12.5. The molecule has 1 aromatic rings. The Balaban J connectivity index is 2.04. The predicted octanol–water partition coefficient (Wildman–Crippen LogP) is 2.09. The summed E-state index contributed by atoms with van der Waals surface area (Å²) >= 11 is 6.87. The number of hydrogen-bond acceptors (Lipinski definition) is 10. The quantitative estimate of drug-likeness (QED) is 0.438. The zero-order valence-corrected chi connectivity index (χ0v) is 20.2. The number of carbonyl (C=O) groups is 1. The molecular weight excluding hydrogens is 504 g/mol. The number of amidine groups is 2. The van der Waals surface area contributed by atoms with Crippen molar-refractivity contribution in [3.05, 3.63) is 28.3 Å². The molecule has 32 heavy (non-hydrogen) atoms. The van der Waals surface area contributed by atoms with Crippen molar-refractivity contribution in [2.45, 2.75) is 13.8 Å². The predicted molar refractivity (Wildman–Crippen MR) is 123 cm³/mol. The third-order valence-corrected chi connectivity index (χ3v) is 7.80. The lowest BCUT2D eigenvalue weighted by Crippen LogP contribution is -2.35. The number of thioether (sulfide) groups is 1. The zero-order valence-electron chi connectivity index (χ0n) is 16.9. The summed E-state index contributed by atoms with van der Waals surface area (Å²) in [6.07, 6.45) is 2.14. The lowest BCUT2D eigenvalue weighted by atomic mass is 10.1. The van der Waals surface area contributed by atoms with Gasteiger partial charge in [-0.3, -0.25) is 10.2 Å². The molecular formula is C17H17ClN4O7S3. The highest BCUT2D eigenvalue weighted by atomic mass is 35.5. The van der Waals surface area contributed by atoms with Gasteiger partial charge in [0, 0.05) is 0 Å². The van der Waals surface area contributed by atoms with Crippen molar-refractivity contribution in [2.24, 2.45) is 10.1 Å². The van der Waals surface area contributed by atoms with Gasteiger partial charge < -0.3 is 8.92 Å². The normalized spacial score (nSPS) is 17.9. The van der Waals surface area contributed by atoms with Gasteiger partial charge in [-0.05, 0) is 42.5 Å². The molecule has 11 nitrogen and oxygen atoms in total. The van der Waals surface area contributed by atoms with E-state index in [1.54, 1.807) is 6.92 Å². The molecule has 0 aromatic heterocycles. The van der Waals surface area contributed by atoms with Gasteiger partial charge in [0.15, 0.2) is 11.6 Å². The lowest BCUT2D eigenvalue weighted by molar-refractivity contribution is -0.114. The summed E-state index contributed by atoms with van der Waals surface area (Å²) in [6, 6.07) is 2.71. The maximum atomic E-state index is 12.5. The number of nitrogens with one attached hydrogen (secondary N) is 1. The van der Waals surface area contributed by atoms with Crippen LogP contribution in [0.1, 0.15) is 19.4 Å². The molecule has 0 bridgehead atoms. The molecule has 0 unspecified atom stereocenters. The number of sulfone groups is 1. The van der Waals surface area contributed by atoms with Crippen LogP contribution in [-0.2, 0) is 24.7 Å². The second-order valence-electron chi connectivity index (χ2n) is 6.34. The Hall–Kier alpha value is -2.42. The molecule has 2 heterocycles. The van der Waals surface area contributed by atoms with Crippen LogP contribution in [-0.4, -0.2) is 61.7 Å². The third kappa shape index (κ3) is 4.98. The molecule has 0 spiro atoms. The van der Waals surface area contributed by atoms with Crippen molar-refractivity contribution < 1.29 is 30.6 Å². The van der Waals surface area contributed by atoms with Gasteiger partial charge in [-0.25, -0.2) is 8.42 Å². The van der Waals surface area contributed by atoms with Gasteiger partial charge >= 0.3 is 10.1 Å². The molecule has 0 fully saturated rings. The number of hydrogen-bond donors (Lipinski definition) is 1. The molecule has 15 heteroatoms. The molecule has 0 aliphatic carbocycles. The number of nitrogens with zero attached hydrogens (tertiary/aromatic N) is 3. The number of ether oxygens (including phenoxy) is 1. The fourth-order valence-electron chi connectivity index (χ4n) is 2.56. The van der Waals surface area contributed by atoms with E-state index in [9.17, 15) is 21.6 Å². The Morgan fingerprint density at radius 1 is 1.25 bits per heavy atom. The van der Waals surface area contributed by atoms with E-state index >= 15 is 0 Å². The number of aliphatic imine (C=N–C) groups is 1. The van der Waals surface area contributed by atoms with Gasteiger partial charge in [0.05, 0.1) is 29.2 Å². The highest BCUT2D eigenvalue weighted by molar-refractivity contribution is 8.42. The van der Waals surface area contributed by atoms with Crippen LogP contribution in [0.25, 0.3) is 6.08 Å². The van der Waals surface area contributed by atoms with Gasteiger partial charge in [0.25, 0.3) is 5.91 Å². The second-order valence-corrected chi connectivity index (χ2v) is 11.7. The van der Waals surface area contributed by atoms with Crippen LogP contribution in [0.5, 0.6) is 11.5 Å². The molecule has 1 N–H and O–H groups in total. The molecule has 172 valence electrons. The van der Waals surface area contributed by atoms with E-state index in [0.717, 1.165) is 11.3 Å². The Kier molecular flexibility index (Phi) is 6.70. The van der Waals surface area contributed by atoms with Crippen molar-refractivity contribution >= 4 is 70.7 Å². The fraction of sp³-hybridized carbons (Fsp3) is 0.294. The Morgan fingerprint density at radius 2 is 1.94 bits per heavy atom. The SMILES string of the molecule is CCOc1cc(/C=C2\C(=N)N3N=C(S(=O)(=O)CC)SC3=NC2=O)cc(Cl)c1OS(C)(=O)=O. The van der Waals surface area contributed by atoms with E-state index in [-0.39, 0.29) is 49.8 Å². The number of rotatable bonds is 6. The second kappa shape index (κ2) is 8.84. The van der Waals surface area contributed by atoms with E-state index in [2.05, 4.69) is 10.1 Å². The number of carbonyl (C=O) groups excluding carboxylic acids is 1. The first-order valence-electron chi connectivity index (χ1n) is 8.95. The fourth-order valence-corrected chi connectivity index (χ4v) is 5.50. The number of amides is 1. The van der Waals surface area contributed by atoms with Gasteiger partial charge in [0.2, 0.25) is 25.1 Å². The molecule has 1 aromatic carbocycles. The first-order chi connectivity index (χ1) is 14.9. The van der Waals surface area contributed by atoms with Crippen LogP contribution in [0.4, 0.5) is 0 Å². The molecule has 3 rings (SSSR count). The molecule has 2 aliphatic heterocycles. The minimum Gasteiger partial charge on any atom is -0.490 e. The standard InChI is InChI=1S/C17H17ClN4O7S3/c1-4-28-12-8-9(7-11(18)13(12)29-31(3,24)25)6-10-14(19)22-16(20-15(10)23)30-17(21-22)32(26,27)5-2/h6-8,19H,4-5H2,1-3H3/b10-6+,19-14?. The summed E-state index contributed by atoms with van der Waals surface area (Å²) in [5.41, 5.74) is 0.117. The Labute approximate surface area is 193 Å². The number of fused-ring (bicyclic) bond motifs is 1. The zero-order chi connectivity index (χ0) is 23.8. The van der Waals surface area contributed by atoms with Crippen LogP contribution in [0, 0.1) is 5.41 Å². The van der Waals surface area contributed by atoms with Crippen molar-refractivity contribution in [1.29, 1.82) is 5.41 Å². The topological polar surface area (TPSA) is 156 Å². The maximum Gasteiger partial charge on any atom is 0.306 e. The highest BCUT2D eigenvalue weighted by Crippen LogP contribution is 2.38. The van der Waals surface area contributed by atoms with Crippen LogP contribution >= 0.6 is 23.4 Å². The van der Waals surface area contributed by atoms with Crippen LogP contribution < -0.4 is 8.92 Å². The summed E-state index contributed by atoms with van der Waals surface area (Å²) < 4.78 is 57.3. The summed E-state index contributed by atoms with van der Waals surface area (Å²) in [5.74, 6) is -1.53. The van der Waals surface area contributed by atoms with E-state index in [1.165, 1.54) is 25.1 Å².